The molecule has 0 aliphatic heterocycles. The molecule has 0 saturated carbocycles. The molecule has 0 aromatic heterocycles. The number of rotatable bonds is 2. The van der Waals surface area contributed by atoms with Crippen LogP contribution in [0.4, 0.5) is 5.69 Å². The maximum atomic E-state index is 5.80. The number of nitrogen functional groups attached to an aromatic ring is 1. The molecule has 0 radical (unpaired) electrons. The molecule has 0 saturated heterocycles. The molecule has 0 aliphatic rings. The van der Waals surface area contributed by atoms with Crippen molar-refractivity contribution in [1.82, 2.24) is 0 Å². The van der Waals surface area contributed by atoms with E-state index >= 15 is 0 Å². The molecular formula is C12H20N2O. The second kappa shape index (κ2) is 6.76. The molecule has 0 atom stereocenters. The van der Waals surface area contributed by atoms with Gasteiger partial charge >= 0.3 is 0 Å². The molecule has 0 heterocycles. The zero-order valence-corrected chi connectivity index (χ0v) is 9.87. The van der Waals surface area contributed by atoms with E-state index < -0.39 is 0 Å². The molecule has 0 bridgehead atoms. The quantitative estimate of drug-likeness (QED) is 0.734. The van der Waals surface area contributed by atoms with Crippen molar-refractivity contribution in [2.75, 3.05) is 12.8 Å². The van der Waals surface area contributed by atoms with Crippen molar-refractivity contribution >= 4 is 11.3 Å². The van der Waals surface area contributed by atoms with Crippen LogP contribution in [0.1, 0.15) is 26.3 Å². The summed E-state index contributed by atoms with van der Waals surface area (Å²) >= 11 is 0. The van der Waals surface area contributed by atoms with E-state index in [4.69, 9.17) is 16.2 Å². The average molecular weight is 208 g/mol. The number of methoxy groups -OCH3 is 1. The number of hydrogen-bond acceptors (Lipinski definition) is 3. The lowest BCUT2D eigenvalue weighted by molar-refractivity contribution is 0.415. The van der Waals surface area contributed by atoms with Gasteiger partial charge < -0.3 is 16.2 Å². The SMILES string of the molecule is CC.COc1ccc(/C(C)=C\N)c(N)c1. The van der Waals surface area contributed by atoms with E-state index in [0.717, 1.165) is 16.9 Å². The first-order valence-corrected chi connectivity index (χ1v) is 5.01. The predicted molar refractivity (Wildman–Crippen MR) is 66.6 cm³/mol. The zero-order chi connectivity index (χ0) is 11.8. The monoisotopic (exact) mass is 208 g/mol. The number of ether oxygens (including phenoxy) is 1. The van der Waals surface area contributed by atoms with E-state index in [9.17, 15) is 0 Å². The molecule has 15 heavy (non-hydrogen) atoms. The smallest absolute Gasteiger partial charge is 0.120 e. The first-order valence-electron chi connectivity index (χ1n) is 5.01. The van der Waals surface area contributed by atoms with Gasteiger partial charge in [0.25, 0.3) is 0 Å². The van der Waals surface area contributed by atoms with Crippen LogP contribution in [0.25, 0.3) is 5.57 Å². The van der Waals surface area contributed by atoms with Crippen LogP contribution in [0.5, 0.6) is 5.75 Å². The lowest BCUT2D eigenvalue weighted by atomic mass is 10.1. The Bertz CT molecular complexity index is 332. The molecule has 84 valence electrons. The number of anilines is 1. The Balaban J connectivity index is 0.000000921. The molecule has 3 nitrogen and oxygen atoms in total. The first kappa shape index (κ1) is 13.4. The van der Waals surface area contributed by atoms with Crippen LogP contribution < -0.4 is 16.2 Å². The van der Waals surface area contributed by atoms with E-state index in [1.807, 2.05) is 32.9 Å². The summed E-state index contributed by atoms with van der Waals surface area (Å²) in [5, 5.41) is 0. The largest absolute Gasteiger partial charge is 0.497 e. The zero-order valence-electron chi connectivity index (χ0n) is 9.87. The summed E-state index contributed by atoms with van der Waals surface area (Å²) in [5.74, 6) is 0.756. The lowest BCUT2D eigenvalue weighted by Gasteiger charge is -2.07. The van der Waals surface area contributed by atoms with Crippen molar-refractivity contribution in [3.63, 3.8) is 0 Å². The third-order valence-corrected chi connectivity index (χ3v) is 1.93. The average Bonchev–Trinajstić information content (AvgIpc) is 2.30. The molecule has 0 fully saturated rings. The fourth-order valence-electron chi connectivity index (χ4n) is 1.12. The van der Waals surface area contributed by atoms with Crippen LogP contribution >= 0.6 is 0 Å². The molecule has 0 aliphatic carbocycles. The third kappa shape index (κ3) is 3.54. The molecular weight excluding hydrogens is 188 g/mol. The van der Waals surface area contributed by atoms with Gasteiger partial charge in [0.15, 0.2) is 0 Å². The summed E-state index contributed by atoms with van der Waals surface area (Å²) in [6, 6.07) is 5.54. The van der Waals surface area contributed by atoms with Gasteiger partial charge in [-0.2, -0.15) is 0 Å². The Labute approximate surface area is 91.7 Å². The normalized spacial score (nSPS) is 10.3. The van der Waals surface area contributed by atoms with Gasteiger partial charge in [0.05, 0.1) is 7.11 Å². The van der Waals surface area contributed by atoms with Crippen LogP contribution in [-0.2, 0) is 0 Å². The molecule has 1 aromatic carbocycles. The molecule has 0 unspecified atom stereocenters. The Morgan fingerprint density at radius 3 is 2.33 bits per heavy atom. The molecule has 0 spiro atoms. The summed E-state index contributed by atoms with van der Waals surface area (Å²) in [5.41, 5.74) is 13.8. The maximum Gasteiger partial charge on any atom is 0.120 e. The number of benzene rings is 1. The predicted octanol–water partition coefficient (Wildman–Crippen LogP) is 2.62. The van der Waals surface area contributed by atoms with Gasteiger partial charge in [-0.1, -0.05) is 13.8 Å². The van der Waals surface area contributed by atoms with Crippen molar-refractivity contribution < 1.29 is 4.74 Å². The van der Waals surface area contributed by atoms with Crippen LogP contribution in [0.2, 0.25) is 0 Å². The van der Waals surface area contributed by atoms with E-state index in [0.29, 0.717) is 5.69 Å². The fourth-order valence-corrected chi connectivity index (χ4v) is 1.12. The highest BCUT2D eigenvalue weighted by atomic mass is 16.5. The lowest BCUT2D eigenvalue weighted by Crippen LogP contribution is -1.95. The van der Waals surface area contributed by atoms with Crippen LogP contribution in [0, 0.1) is 0 Å². The summed E-state index contributed by atoms with van der Waals surface area (Å²) in [7, 11) is 1.61. The molecule has 1 rings (SSSR count). The van der Waals surface area contributed by atoms with Gasteiger partial charge in [0, 0.05) is 17.3 Å². The highest BCUT2D eigenvalue weighted by Gasteiger charge is 2.01. The minimum atomic E-state index is 0.679. The number of hydrogen-bond donors (Lipinski definition) is 2. The highest BCUT2D eigenvalue weighted by molar-refractivity contribution is 5.74. The Kier molecular flexibility index (Phi) is 6.02. The first-order chi connectivity index (χ1) is 7.19. The topological polar surface area (TPSA) is 61.3 Å². The minimum Gasteiger partial charge on any atom is -0.497 e. The van der Waals surface area contributed by atoms with E-state index in [2.05, 4.69) is 0 Å². The summed E-state index contributed by atoms with van der Waals surface area (Å²) < 4.78 is 5.03. The third-order valence-electron chi connectivity index (χ3n) is 1.93. The van der Waals surface area contributed by atoms with Crippen molar-refractivity contribution in [3.8, 4) is 5.75 Å². The van der Waals surface area contributed by atoms with Crippen LogP contribution in [0.3, 0.4) is 0 Å². The standard InChI is InChI=1S/C10H14N2O.C2H6/c1-7(6-11)9-4-3-8(13-2)5-10(9)12;1-2/h3-6H,11-12H2,1-2H3;1-2H3/b7-6-;. The maximum absolute atomic E-state index is 5.80. The second-order valence-corrected chi connectivity index (χ2v) is 2.80. The molecule has 3 heteroatoms. The van der Waals surface area contributed by atoms with Crippen molar-refractivity contribution in [3.05, 3.63) is 30.0 Å². The Morgan fingerprint density at radius 2 is 1.93 bits per heavy atom. The van der Waals surface area contributed by atoms with Gasteiger partial charge in [-0.3, -0.25) is 0 Å². The summed E-state index contributed by atoms with van der Waals surface area (Å²) in [4.78, 5) is 0. The van der Waals surface area contributed by atoms with Gasteiger partial charge in [-0.25, -0.2) is 0 Å². The molecule has 0 amide bonds. The van der Waals surface area contributed by atoms with E-state index in [1.54, 1.807) is 13.2 Å². The number of nitrogens with two attached hydrogens (primary N) is 2. The van der Waals surface area contributed by atoms with E-state index in [-0.39, 0.29) is 0 Å². The Hall–Kier alpha value is -1.64. The number of allylic oxidation sites excluding steroid dienone is 1. The van der Waals surface area contributed by atoms with Gasteiger partial charge in [0.2, 0.25) is 0 Å². The Morgan fingerprint density at radius 1 is 1.33 bits per heavy atom. The van der Waals surface area contributed by atoms with Gasteiger partial charge in [-0.05, 0) is 30.8 Å². The fraction of sp³-hybridized carbons (Fsp3) is 0.333. The summed E-state index contributed by atoms with van der Waals surface area (Å²) in [6.07, 6.45) is 1.54. The van der Waals surface area contributed by atoms with E-state index in [1.165, 1.54) is 6.20 Å². The summed E-state index contributed by atoms with van der Waals surface area (Å²) in [6.45, 7) is 5.91. The van der Waals surface area contributed by atoms with Crippen LogP contribution in [-0.4, -0.2) is 7.11 Å². The van der Waals surface area contributed by atoms with Crippen LogP contribution in [0.15, 0.2) is 24.4 Å². The van der Waals surface area contributed by atoms with Gasteiger partial charge in [-0.15, -0.1) is 0 Å². The van der Waals surface area contributed by atoms with Crippen molar-refractivity contribution in [1.29, 1.82) is 0 Å². The van der Waals surface area contributed by atoms with Gasteiger partial charge in [0.1, 0.15) is 5.75 Å². The second-order valence-electron chi connectivity index (χ2n) is 2.80. The van der Waals surface area contributed by atoms with Crippen molar-refractivity contribution in [2.24, 2.45) is 5.73 Å². The molecule has 1 aromatic rings. The molecule has 4 N–H and O–H groups in total. The van der Waals surface area contributed by atoms with Crippen molar-refractivity contribution in [2.45, 2.75) is 20.8 Å². The minimum absolute atomic E-state index is 0.679. The highest BCUT2D eigenvalue weighted by Crippen LogP contribution is 2.24.